The zero-order valence-corrected chi connectivity index (χ0v) is 16.5. The number of carbonyl (C=O) groups excluding carboxylic acids is 2. The fourth-order valence-corrected chi connectivity index (χ4v) is 2.97. The normalized spacial score (nSPS) is 11.7. The largest absolute Gasteiger partial charge is 0.322 e. The number of halogens is 2. The van der Waals surface area contributed by atoms with Gasteiger partial charge in [0, 0.05) is 5.69 Å². The fourth-order valence-electron chi connectivity index (χ4n) is 2.48. The monoisotopic (exact) mass is 394 g/mol. The van der Waals surface area contributed by atoms with Crippen LogP contribution in [0.15, 0.2) is 36.4 Å². The second-order valence-electron chi connectivity index (χ2n) is 6.32. The Balaban J connectivity index is 1.89. The van der Waals surface area contributed by atoms with Crippen LogP contribution in [0.5, 0.6) is 0 Å². The van der Waals surface area contributed by atoms with Crippen LogP contribution in [0, 0.1) is 13.8 Å². The summed E-state index contributed by atoms with van der Waals surface area (Å²) in [6.45, 7) is 4.18. The van der Waals surface area contributed by atoms with E-state index >= 15 is 0 Å². The molecule has 5 nitrogen and oxygen atoms in total. The van der Waals surface area contributed by atoms with Crippen molar-refractivity contribution in [1.82, 2.24) is 0 Å². The van der Waals surface area contributed by atoms with Crippen molar-refractivity contribution < 1.29 is 14.5 Å². The summed E-state index contributed by atoms with van der Waals surface area (Å²) in [6, 6.07) is 10.9. The quantitative estimate of drug-likeness (QED) is 0.705. The van der Waals surface area contributed by atoms with E-state index in [4.69, 9.17) is 23.2 Å². The van der Waals surface area contributed by atoms with Crippen LogP contribution >= 0.6 is 23.2 Å². The van der Waals surface area contributed by atoms with Crippen LogP contribution in [0.3, 0.4) is 0 Å². The predicted molar refractivity (Wildman–Crippen MR) is 106 cm³/mol. The molecule has 0 fully saturated rings. The number of nitrogens with one attached hydrogen (secondary N) is 3. The molecule has 0 spiro atoms. The first-order valence-electron chi connectivity index (χ1n) is 8.18. The van der Waals surface area contributed by atoms with Crippen molar-refractivity contribution in [3.05, 3.63) is 57.6 Å². The Bertz CT molecular complexity index is 804. The Morgan fingerprint density at radius 1 is 0.962 bits per heavy atom. The molecule has 0 saturated carbocycles. The molecule has 7 heteroatoms. The lowest BCUT2D eigenvalue weighted by molar-refractivity contribution is -0.862. The van der Waals surface area contributed by atoms with Crippen molar-refractivity contribution in [2.24, 2.45) is 0 Å². The minimum Gasteiger partial charge on any atom is -0.322 e. The van der Waals surface area contributed by atoms with Gasteiger partial charge in [-0.3, -0.25) is 9.59 Å². The Morgan fingerprint density at radius 2 is 1.54 bits per heavy atom. The van der Waals surface area contributed by atoms with Crippen LogP contribution in [-0.2, 0) is 9.59 Å². The Labute approximate surface area is 163 Å². The minimum atomic E-state index is -0.267. The van der Waals surface area contributed by atoms with Gasteiger partial charge in [0.25, 0.3) is 11.8 Å². The summed E-state index contributed by atoms with van der Waals surface area (Å²) in [7, 11) is 1.77. The van der Waals surface area contributed by atoms with Crippen molar-refractivity contribution in [2.75, 3.05) is 30.8 Å². The van der Waals surface area contributed by atoms with Crippen LogP contribution < -0.4 is 15.5 Å². The molecule has 0 aromatic heterocycles. The molecular formula is C19H22Cl2N3O2+. The standard InChI is InChI=1S/C19H21Cl2N3O2/c1-12-7-8-13(2)16(9-12)22-17(25)10-24(3)11-18(26)23-19-14(20)5-4-6-15(19)21/h4-9H,10-11H2,1-3H3,(H,22,25)(H,23,26)/p+1. The van der Waals surface area contributed by atoms with Gasteiger partial charge in [0.2, 0.25) is 0 Å². The molecular weight excluding hydrogens is 373 g/mol. The number of hydrogen-bond donors (Lipinski definition) is 3. The molecule has 2 rings (SSSR count). The lowest BCUT2D eigenvalue weighted by Crippen LogP contribution is -3.11. The summed E-state index contributed by atoms with van der Waals surface area (Å²) in [5.41, 5.74) is 3.24. The molecule has 2 aromatic rings. The zero-order valence-electron chi connectivity index (χ0n) is 15.0. The number of rotatable bonds is 6. The molecule has 3 N–H and O–H groups in total. The van der Waals surface area contributed by atoms with Crippen molar-refractivity contribution in [1.29, 1.82) is 0 Å². The third-order valence-electron chi connectivity index (χ3n) is 3.82. The van der Waals surface area contributed by atoms with E-state index in [-0.39, 0.29) is 24.9 Å². The summed E-state index contributed by atoms with van der Waals surface area (Å²) in [5.74, 6) is -0.420. The highest BCUT2D eigenvalue weighted by atomic mass is 35.5. The molecule has 2 amide bonds. The molecule has 0 saturated heterocycles. The Morgan fingerprint density at radius 3 is 2.15 bits per heavy atom. The average molecular weight is 395 g/mol. The minimum absolute atomic E-state index is 0.113. The molecule has 26 heavy (non-hydrogen) atoms. The first-order valence-corrected chi connectivity index (χ1v) is 8.94. The number of benzene rings is 2. The lowest BCUT2D eigenvalue weighted by atomic mass is 10.1. The summed E-state index contributed by atoms with van der Waals surface area (Å²) < 4.78 is 0. The third kappa shape index (κ3) is 5.73. The highest BCUT2D eigenvalue weighted by Gasteiger charge is 2.17. The van der Waals surface area contributed by atoms with E-state index < -0.39 is 0 Å². The van der Waals surface area contributed by atoms with E-state index in [9.17, 15) is 9.59 Å². The van der Waals surface area contributed by atoms with E-state index in [0.29, 0.717) is 15.7 Å². The van der Waals surface area contributed by atoms with Crippen molar-refractivity contribution >= 4 is 46.4 Å². The van der Waals surface area contributed by atoms with Crippen molar-refractivity contribution in [3.63, 3.8) is 0 Å². The van der Waals surface area contributed by atoms with Gasteiger partial charge in [-0.25, -0.2) is 0 Å². The molecule has 0 aliphatic heterocycles. The Hall–Kier alpha value is -2.08. The molecule has 138 valence electrons. The van der Waals surface area contributed by atoms with Crippen LogP contribution in [0.2, 0.25) is 10.0 Å². The van der Waals surface area contributed by atoms with E-state index in [1.165, 1.54) is 0 Å². The molecule has 0 heterocycles. The summed E-state index contributed by atoms with van der Waals surface area (Å²) >= 11 is 12.1. The van der Waals surface area contributed by atoms with Gasteiger partial charge in [-0.05, 0) is 43.2 Å². The molecule has 2 aromatic carbocycles. The first kappa shape index (κ1) is 20.2. The molecule has 0 aliphatic carbocycles. The highest BCUT2D eigenvalue weighted by molar-refractivity contribution is 6.39. The molecule has 0 aliphatic rings. The second kappa shape index (κ2) is 9.03. The van der Waals surface area contributed by atoms with Crippen LogP contribution in [-0.4, -0.2) is 32.0 Å². The molecule has 0 bridgehead atoms. The smallest absolute Gasteiger partial charge is 0.279 e. The number of amides is 2. The van der Waals surface area contributed by atoms with Gasteiger partial charge >= 0.3 is 0 Å². The van der Waals surface area contributed by atoms with Crippen LogP contribution in [0.4, 0.5) is 11.4 Å². The number of hydrogen-bond acceptors (Lipinski definition) is 2. The van der Waals surface area contributed by atoms with Crippen LogP contribution in [0.1, 0.15) is 11.1 Å². The summed E-state index contributed by atoms with van der Waals surface area (Å²) in [4.78, 5) is 25.2. The summed E-state index contributed by atoms with van der Waals surface area (Å²) in [6.07, 6.45) is 0. The van der Waals surface area contributed by atoms with Gasteiger partial charge in [0.05, 0.1) is 22.8 Å². The number of carbonyl (C=O) groups is 2. The van der Waals surface area contributed by atoms with Crippen LogP contribution in [0.25, 0.3) is 0 Å². The SMILES string of the molecule is Cc1ccc(C)c(NC(=O)C[NH+](C)CC(=O)Nc2c(Cl)cccc2Cl)c1. The van der Waals surface area contributed by atoms with Gasteiger partial charge in [-0.2, -0.15) is 0 Å². The predicted octanol–water partition coefficient (Wildman–Crippen LogP) is 2.70. The van der Waals surface area contributed by atoms with Gasteiger partial charge in [-0.1, -0.05) is 41.4 Å². The third-order valence-corrected chi connectivity index (χ3v) is 4.45. The second-order valence-corrected chi connectivity index (χ2v) is 7.14. The number of anilines is 2. The van der Waals surface area contributed by atoms with E-state index in [1.54, 1.807) is 25.2 Å². The van der Waals surface area contributed by atoms with Gasteiger partial charge in [-0.15, -0.1) is 0 Å². The molecule has 1 atom stereocenters. The fraction of sp³-hybridized carbons (Fsp3) is 0.263. The molecule has 1 unspecified atom stereocenters. The van der Waals surface area contributed by atoms with E-state index in [1.807, 2.05) is 32.0 Å². The zero-order chi connectivity index (χ0) is 19.3. The Kier molecular flexibility index (Phi) is 7.03. The maximum atomic E-state index is 12.2. The van der Waals surface area contributed by atoms with Gasteiger partial charge in [0.1, 0.15) is 0 Å². The van der Waals surface area contributed by atoms with E-state index in [2.05, 4.69) is 10.6 Å². The van der Waals surface area contributed by atoms with Crippen molar-refractivity contribution in [3.8, 4) is 0 Å². The molecule has 0 radical (unpaired) electrons. The first-order chi connectivity index (χ1) is 12.3. The maximum absolute atomic E-state index is 12.2. The highest BCUT2D eigenvalue weighted by Crippen LogP contribution is 2.29. The number of quaternary nitrogens is 1. The van der Waals surface area contributed by atoms with Gasteiger partial charge < -0.3 is 15.5 Å². The number of aryl methyl sites for hydroxylation is 2. The number of likely N-dealkylation sites (N-methyl/N-ethyl adjacent to an activating group) is 1. The topological polar surface area (TPSA) is 62.6 Å². The number of para-hydroxylation sites is 1. The van der Waals surface area contributed by atoms with Crippen molar-refractivity contribution in [2.45, 2.75) is 13.8 Å². The average Bonchev–Trinajstić information content (AvgIpc) is 2.54. The van der Waals surface area contributed by atoms with E-state index in [0.717, 1.165) is 21.7 Å². The summed E-state index contributed by atoms with van der Waals surface area (Å²) in [5, 5.41) is 6.33. The van der Waals surface area contributed by atoms with Gasteiger partial charge in [0.15, 0.2) is 13.1 Å². The lowest BCUT2D eigenvalue weighted by Gasteiger charge is -2.15. The maximum Gasteiger partial charge on any atom is 0.279 e.